The average molecular weight is 248 g/mol. The molecule has 0 aromatic heterocycles. The average Bonchev–Trinajstić information content (AvgIpc) is 2.34. The third-order valence-electron chi connectivity index (χ3n) is 3.02. The minimum Gasteiger partial charge on any atom is -0.469 e. The molecule has 1 aromatic carbocycles. The molecular weight excluding hydrogens is 228 g/mol. The summed E-state index contributed by atoms with van der Waals surface area (Å²) < 4.78 is 4.56. The fourth-order valence-electron chi connectivity index (χ4n) is 2.04. The highest BCUT2D eigenvalue weighted by Gasteiger charge is 2.11. The normalized spacial score (nSPS) is 10.2. The molecule has 0 amide bonds. The minimum absolute atomic E-state index is 0.162. The molecule has 3 nitrogen and oxygen atoms in total. The van der Waals surface area contributed by atoms with Gasteiger partial charge in [0.05, 0.1) is 7.11 Å². The number of unbranched alkanes of at least 4 members (excludes halogenated alkanes) is 1. The van der Waals surface area contributed by atoms with Crippen LogP contribution < -0.4 is 0 Å². The molecule has 0 radical (unpaired) electrons. The van der Waals surface area contributed by atoms with Crippen LogP contribution in [0.5, 0.6) is 0 Å². The Morgan fingerprint density at radius 3 is 2.17 bits per heavy atom. The van der Waals surface area contributed by atoms with Crippen LogP contribution in [0, 0.1) is 13.8 Å². The van der Waals surface area contributed by atoms with Crippen LogP contribution in [0.15, 0.2) is 18.2 Å². The van der Waals surface area contributed by atoms with E-state index in [2.05, 4.69) is 4.74 Å². The van der Waals surface area contributed by atoms with Gasteiger partial charge in [-0.05, 0) is 37.8 Å². The predicted octanol–water partition coefficient (Wildman–Crippen LogP) is 3.22. The molecule has 0 N–H and O–H groups in total. The lowest BCUT2D eigenvalue weighted by atomic mass is 9.96. The van der Waals surface area contributed by atoms with E-state index in [1.807, 2.05) is 32.0 Å². The first-order valence-electron chi connectivity index (χ1n) is 6.22. The van der Waals surface area contributed by atoms with Gasteiger partial charge in [-0.3, -0.25) is 9.59 Å². The molecule has 0 aliphatic carbocycles. The highest BCUT2D eigenvalue weighted by molar-refractivity contribution is 5.98. The van der Waals surface area contributed by atoms with Crippen molar-refractivity contribution < 1.29 is 14.3 Å². The van der Waals surface area contributed by atoms with Gasteiger partial charge >= 0.3 is 5.97 Å². The van der Waals surface area contributed by atoms with Gasteiger partial charge in [0.15, 0.2) is 5.78 Å². The van der Waals surface area contributed by atoms with E-state index in [1.54, 1.807) is 0 Å². The Bertz CT molecular complexity index is 415. The van der Waals surface area contributed by atoms with Crippen molar-refractivity contribution in [2.45, 2.75) is 39.5 Å². The van der Waals surface area contributed by atoms with Gasteiger partial charge in [0.2, 0.25) is 0 Å². The number of benzene rings is 1. The maximum Gasteiger partial charge on any atom is 0.305 e. The van der Waals surface area contributed by atoms with Crippen LogP contribution in [-0.2, 0) is 9.53 Å². The van der Waals surface area contributed by atoms with E-state index >= 15 is 0 Å². The van der Waals surface area contributed by atoms with Crippen molar-refractivity contribution in [2.24, 2.45) is 0 Å². The lowest BCUT2D eigenvalue weighted by molar-refractivity contribution is -0.140. The standard InChI is InChI=1S/C15H20O3/c1-11-7-6-8-12(2)15(11)13(16)9-4-5-10-14(17)18-3/h6-8H,4-5,9-10H2,1-3H3. The molecule has 0 saturated carbocycles. The number of aryl methyl sites for hydroxylation is 2. The quantitative estimate of drug-likeness (QED) is 0.441. The summed E-state index contributed by atoms with van der Waals surface area (Å²) in [6.45, 7) is 3.91. The molecule has 3 heteroatoms. The molecular formula is C15H20O3. The van der Waals surface area contributed by atoms with Crippen LogP contribution in [0.2, 0.25) is 0 Å². The molecule has 0 aliphatic heterocycles. The van der Waals surface area contributed by atoms with E-state index in [9.17, 15) is 9.59 Å². The summed E-state index contributed by atoms with van der Waals surface area (Å²) in [5.74, 6) is -0.0509. The Hall–Kier alpha value is -1.64. The summed E-state index contributed by atoms with van der Waals surface area (Å²) >= 11 is 0. The first-order chi connectivity index (χ1) is 8.56. The number of Topliss-reactive ketones (excluding diaryl/α,β-unsaturated/α-hetero) is 1. The number of carbonyl (C=O) groups excluding carboxylic acids is 2. The zero-order valence-electron chi connectivity index (χ0n) is 11.3. The van der Waals surface area contributed by atoms with Crippen LogP contribution in [-0.4, -0.2) is 18.9 Å². The molecule has 0 saturated heterocycles. The van der Waals surface area contributed by atoms with E-state index in [4.69, 9.17) is 0 Å². The fraction of sp³-hybridized carbons (Fsp3) is 0.467. The lowest BCUT2D eigenvalue weighted by Crippen LogP contribution is -2.05. The van der Waals surface area contributed by atoms with Crippen molar-refractivity contribution in [3.63, 3.8) is 0 Å². The summed E-state index contributed by atoms with van der Waals surface area (Å²) in [6, 6.07) is 5.86. The number of methoxy groups -OCH3 is 1. The molecule has 0 aliphatic rings. The topological polar surface area (TPSA) is 43.4 Å². The summed E-state index contributed by atoms with van der Waals surface area (Å²) in [5, 5.41) is 0. The molecule has 0 unspecified atom stereocenters. The van der Waals surface area contributed by atoms with Crippen molar-refractivity contribution >= 4 is 11.8 Å². The van der Waals surface area contributed by atoms with Gasteiger partial charge in [-0.1, -0.05) is 18.2 Å². The SMILES string of the molecule is COC(=O)CCCCC(=O)c1c(C)cccc1C. The second kappa shape index (κ2) is 6.94. The van der Waals surface area contributed by atoms with Crippen LogP contribution in [0.1, 0.15) is 47.2 Å². The zero-order chi connectivity index (χ0) is 13.5. The number of rotatable bonds is 6. The van der Waals surface area contributed by atoms with Crippen molar-refractivity contribution in [3.8, 4) is 0 Å². The molecule has 0 bridgehead atoms. The second-order valence-electron chi connectivity index (χ2n) is 4.47. The Morgan fingerprint density at radius 2 is 1.61 bits per heavy atom. The van der Waals surface area contributed by atoms with Gasteiger partial charge in [-0.25, -0.2) is 0 Å². The zero-order valence-corrected chi connectivity index (χ0v) is 11.3. The monoisotopic (exact) mass is 248 g/mol. The smallest absolute Gasteiger partial charge is 0.305 e. The molecule has 0 fully saturated rings. The largest absolute Gasteiger partial charge is 0.469 e. The van der Waals surface area contributed by atoms with Crippen molar-refractivity contribution in [1.82, 2.24) is 0 Å². The lowest BCUT2D eigenvalue weighted by Gasteiger charge is -2.08. The van der Waals surface area contributed by atoms with Gasteiger partial charge in [-0.15, -0.1) is 0 Å². The maximum atomic E-state index is 12.1. The van der Waals surface area contributed by atoms with Crippen LogP contribution in [0.4, 0.5) is 0 Å². The number of hydrogen-bond donors (Lipinski definition) is 0. The molecule has 0 spiro atoms. The van der Waals surface area contributed by atoms with Crippen molar-refractivity contribution in [2.75, 3.05) is 7.11 Å². The first-order valence-corrected chi connectivity index (χ1v) is 6.22. The summed E-state index contributed by atoms with van der Waals surface area (Å²) in [6.07, 6.45) is 2.30. The van der Waals surface area contributed by atoms with Gasteiger partial charge in [0.1, 0.15) is 0 Å². The van der Waals surface area contributed by atoms with E-state index in [-0.39, 0.29) is 11.8 Å². The molecule has 98 valence electrons. The Labute approximate surface area is 108 Å². The van der Waals surface area contributed by atoms with Crippen LogP contribution in [0.3, 0.4) is 0 Å². The fourth-order valence-corrected chi connectivity index (χ4v) is 2.04. The maximum absolute atomic E-state index is 12.1. The van der Waals surface area contributed by atoms with E-state index in [0.717, 1.165) is 23.1 Å². The van der Waals surface area contributed by atoms with Crippen LogP contribution >= 0.6 is 0 Å². The summed E-state index contributed by atoms with van der Waals surface area (Å²) in [7, 11) is 1.38. The van der Waals surface area contributed by atoms with Gasteiger partial charge in [-0.2, -0.15) is 0 Å². The molecule has 1 rings (SSSR count). The van der Waals surface area contributed by atoms with Gasteiger partial charge in [0, 0.05) is 18.4 Å². The highest BCUT2D eigenvalue weighted by atomic mass is 16.5. The second-order valence-corrected chi connectivity index (χ2v) is 4.47. The van der Waals surface area contributed by atoms with Crippen LogP contribution in [0.25, 0.3) is 0 Å². The number of carbonyl (C=O) groups is 2. The molecule has 0 atom stereocenters. The Balaban J connectivity index is 2.49. The number of esters is 1. The Morgan fingerprint density at radius 1 is 1.06 bits per heavy atom. The van der Waals surface area contributed by atoms with Crippen molar-refractivity contribution in [3.05, 3.63) is 34.9 Å². The van der Waals surface area contributed by atoms with Gasteiger partial charge < -0.3 is 4.74 Å². The van der Waals surface area contributed by atoms with E-state index < -0.39 is 0 Å². The van der Waals surface area contributed by atoms with E-state index in [0.29, 0.717) is 19.3 Å². The minimum atomic E-state index is -0.213. The van der Waals surface area contributed by atoms with E-state index in [1.165, 1.54) is 7.11 Å². The van der Waals surface area contributed by atoms with Gasteiger partial charge in [0.25, 0.3) is 0 Å². The number of hydrogen-bond acceptors (Lipinski definition) is 3. The predicted molar refractivity (Wildman–Crippen MR) is 70.7 cm³/mol. The third-order valence-corrected chi connectivity index (χ3v) is 3.02. The molecule has 0 heterocycles. The third kappa shape index (κ3) is 3.99. The molecule has 1 aromatic rings. The Kier molecular flexibility index (Phi) is 5.56. The summed E-state index contributed by atoms with van der Waals surface area (Å²) in [4.78, 5) is 23.0. The highest BCUT2D eigenvalue weighted by Crippen LogP contribution is 2.17. The number of ether oxygens (including phenoxy) is 1. The molecule has 18 heavy (non-hydrogen) atoms. The summed E-state index contributed by atoms with van der Waals surface area (Å²) in [5.41, 5.74) is 2.87. The van der Waals surface area contributed by atoms with Crippen molar-refractivity contribution in [1.29, 1.82) is 0 Å². The first kappa shape index (κ1) is 14.4. The number of ketones is 1.